The van der Waals surface area contributed by atoms with Crippen molar-refractivity contribution in [1.29, 1.82) is 0 Å². The predicted molar refractivity (Wildman–Crippen MR) is 263 cm³/mol. The fraction of sp³-hybridized carbons (Fsp3) is 0.759. The van der Waals surface area contributed by atoms with Gasteiger partial charge in [-0.05, 0) is 87.0 Å². The number of carbonyl (C=O) groups is 2. The van der Waals surface area contributed by atoms with Gasteiger partial charge in [0, 0.05) is 50.6 Å². The quantitative estimate of drug-likeness (QED) is 0.0297. The number of unbranched alkanes of at least 4 members (excludes halogenated alkanes) is 11. The van der Waals surface area contributed by atoms with Crippen LogP contribution in [0.3, 0.4) is 0 Å². The van der Waals surface area contributed by atoms with Crippen LogP contribution < -0.4 is 14.8 Å². The number of hydrogen-bond donors (Lipinski definition) is 4. The van der Waals surface area contributed by atoms with Gasteiger partial charge in [-0.2, -0.15) is 0 Å². The molecule has 1 aromatic carbocycles. The number of allylic oxidation sites excluding steroid dienone is 1. The van der Waals surface area contributed by atoms with E-state index in [4.69, 9.17) is 28.9 Å². The normalized spacial score (nSPS) is 23.8. The highest BCUT2D eigenvalue weighted by molar-refractivity contribution is 6.03. The van der Waals surface area contributed by atoms with E-state index >= 15 is 0 Å². The Balaban J connectivity index is 1.53. The molecule has 2 fully saturated rings. The van der Waals surface area contributed by atoms with E-state index in [2.05, 4.69) is 24.9 Å². The van der Waals surface area contributed by atoms with Gasteiger partial charge >= 0.3 is 6.09 Å². The minimum atomic E-state index is -1.40. The molecule has 6 atom stereocenters. The first-order valence-corrected chi connectivity index (χ1v) is 26.5. The molecule has 3 aliphatic carbocycles. The topological polar surface area (TPSA) is 169 Å². The molecule has 2 amide bonds. The van der Waals surface area contributed by atoms with Gasteiger partial charge in [0.1, 0.15) is 24.1 Å². The van der Waals surface area contributed by atoms with Gasteiger partial charge in [0.15, 0.2) is 0 Å². The summed E-state index contributed by atoms with van der Waals surface area (Å²) >= 11 is 0. The van der Waals surface area contributed by atoms with E-state index in [1.165, 1.54) is 57.8 Å². The van der Waals surface area contributed by atoms with Crippen LogP contribution in [0.4, 0.5) is 4.79 Å². The van der Waals surface area contributed by atoms with E-state index in [0.29, 0.717) is 56.3 Å². The number of aliphatic hydroxyl groups excluding tert-OH is 3. The van der Waals surface area contributed by atoms with E-state index in [9.17, 15) is 24.9 Å². The molecule has 1 aliphatic heterocycles. The summed E-state index contributed by atoms with van der Waals surface area (Å²) < 4.78 is 26.3. The van der Waals surface area contributed by atoms with Crippen molar-refractivity contribution in [3.63, 3.8) is 0 Å². The number of carbonyl (C=O) groups excluding carboxylic acids is 2. The second kappa shape index (κ2) is 30.2. The molecule has 1 heterocycles. The predicted octanol–water partition coefficient (Wildman–Crippen LogP) is 10.2. The molecule has 0 radical (unpaired) electrons. The summed E-state index contributed by atoms with van der Waals surface area (Å²) in [4.78, 5) is 36.0. The molecule has 378 valence electrons. The van der Waals surface area contributed by atoms with Crippen molar-refractivity contribution in [2.75, 3.05) is 59.3 Å². The molecule has 13 heteroatoms. The third kappa shape index (κ3) is 15.8. The van der Waals surface area contributed by atoms with E-state index in [0.717, 1.165) is 81.1 Å². The van der Waals surface area contributed by atoms with Gasteiger partial charge in [-0.1, -0.05) is 121 Å². The molecule has 67 heavy (non-hydrogen) atoms. The van der Waals surface area contributed by atoms with Gasteiger partial charge in [0.05, 0.1) is 38.1 Å². The number of benzene rings is 1. The van der Waals surface area contributed by atoms with E-state index in [1.807, 2.05) is 24.0 Å². The largest absolute Gasteiger partial charge is 0.459 e. The zero-order valence-electron chi connectivity index (χ0n) is 41.3. The van der Waals surface area contributed by atoms with Crippen LogP contribution in [0.15, 0.2) is 47.7 Å². The molecular formula is C54H87N3O10. The Bertz CT molecular complexity index is 1680. The molecule has 1 aromatic rings. The molecule has 4 aliphatic rings. The van der Waals surface area contributed by atoms with Crippen LogP contribution in [0, 0.1) is 23.7 Å². The van der Waals surface area contributed by atoms with Crippen molar-refractivity contribution >= 4 is 17.7 Å². The van der Waals surface area contributed by atoms with Crippen molar-refractivity contribution in [3.8, 4) is 11.5 Å². The second-order valence-electron chi connectivity index (χ2n) is 19.3. The van der Waals surface area contributed by atoms with Gasteiger partial charge in [0.2, 0.25) is 11.7 Å². The molecule has 0 aromatic heterocycles. The minimum absolute atomic E-state index is 0.00929. The van der Waals surface area contributed by atoms with Crippen molar-refractivity contribution in [1.82, 2.24) is 10.2 Å². The van der Waals surface area contributed by atoms with E-state index in [1.54, 1.807) is 12.1 Å². The van der Waals surface area contributed by atoms with Crippen LogP contribution in [-0.2, 0) is 19.1 Å². The van der Waals surface area contributed by atoms with Crippen molar-refractivity contribution < 1.29 is 48.7 Å². The third-order valence-corrected chi connectivity index (χ3v) is 14.6. The maximum atomic E-state index is 14.9. The first-order valence-electron chi connectivity index (χ1n) is 26.5. The number of nitrogens with zero attached hydrogens (tertiary/aromatic N) is 2. The first kappa shape index (κ1) is 54.5. The Morgan fingerprint density at radius 1 is 0.896 bits per heavy atom. The van der Waals surface area contributed by atoms with Gasteiger partial charge < -0.3 is 49.3 Å². The Hall–Kier alpha value is -3.49. The number of hydrogen-bond acceptors (Lipinski definition) is 11. The van der Waals surface area contributed by atoms with Crippen LogP contribution >= 0.6 is 0 Å². The standard InChI is InChI=1S/C54H87N3O10/c1-4-7-8-9-10-11-12-13-14-19-30-55-53(62)66-43-27-28-48-46(39-43)51-44(25-18-21-33-59)42(24-17-20-32-58)38-45-47(56-65-6-3)40-49(54(67-48,52(45)51)64-35-5-2)57(31-36-63-37-34-60)50(61)29-26-41-22-15-16-23-41/h5,27-28,38-39,41-42,44,49,51-52,58-60H,2,4,6-26,29-37,40H2,1,3H3,(H,55,62)/t42-,44+,49-,51+,52+,54+/m0/s1. The zero-order valence-corrected chi connectivity index (χ0v) is 41.3. The molecule has 13 nitrogen and oxygen atoms in total. The first-order chi connectivity index (χ1) is 32.8. The van der Waals surface area contributed by atoms with Gasteiger partial charge in [-0.15, -0.1) is 6.58 Å². The molecule has 0 saturated heterocycles. The van der Waals surface area contributed by atoms with Crippen molar-refractivity contribution in [3.05, 3.63) is 48.1 Å². The minimum Gasteiger partial charge on any atom is -0.459 e. The fourth-order valence-electron chi connectivity index (χ4n) is 11.4. The van der Waals surface area contributed by atoms with Crippen molar-refractivity contribution in [2.24, 2.45) is 28.8 Å². The summed E-state index contributed by atoms with van der Waals surface area (Å²) in [5, 5.41) is 37.3. The van der Waals surface area contributed by atoms with E-state index < -0.39 is 23.8 Å². The third-order valence-electron chi connectivity index (χ3n) is 14.6. The summed E-state index contributed by atoms with van der Waals surface area (Å²) in [5.41, 5.74) is 2.57. The SMILES string of the molecule is C=CCO[C@@]12Oc3ccc(OC(=O)NCCCCCCCCCCCC)cc3[C@H]3[C@H](CCCCO)[C@@H](CCCCO)C=C(C(=NOCC)C[C@@H]1N(CCOCCO)C(=O)CCC1CCCC1)[C@H]32. The van der Waals surface area contributed by atoms with Crippen LogP contribution in [0.25, 0.3) is 0 Å². The molecular weight excluding hydrogens is 851 g/mol. The number of fused-ring (bicyclic) bond motifs is 2. The Morgan fingerprint density at radius 2 is 1.61 bits per heavy atom. The molecule has 0 bridgehead atoms. The van der Waals surface area contributed by atoms with Crippen LogP contribution in [0.1, 0.15) is 173 Å². The lowest BCUT2D eigenvalue weighted by atomic mass is 9.55. The highest BCUT2D eigenvalue weighted by atomic mass is 16.7. The number of ether oxygens (including phenoxy) is 4. The number of rotatable bonds is 34. The Labute approximate surface area is 402 Å². The average molecular weight is 938 g/mol. The van der Waals surface area contributed by atoms with Crippen LogP contribution in [-0.4, -0.2) is 109 Å². The van der Waals surface area contributed by atoms with Crippen LogP contribution in [0.5, 0.6) is 11.5 Å². The summed E-state index contributed by atoms with van der Waals surface area (Å²) in [5.74, 6) is -0.526. The van der Waals surface area contributed by atoms with Gasteiger partial charge in [-0.25, -0.2) is 4.79 Å². The number of nitrogens with one attached hydrogen (secondary N) is 1. The Kier molecular flexibility index (Phi) is 24.5. The summed E-state index contributed by atoms with van der Waals surface area (Å²) in [6.07, 6.45) is 26.4. The monoisotopic (exact) mass is 938 g/mol. The zero-order chi connectivity index (χ0) is 47.7. The van der Waals surface area contributed by atoms with Crippen LogP contribution in [0.2, 0.25) is 0 Å². The fourth-order valence-corrected chi connectivity index (χ4v) is 11.4. The smallest absolute Gasteiger partial charge is 0.412 e. The van der Waals surface area contributed by atoms with Crippen molar-refractivity contribution in [2.45, 2.75) is 179 Å². The molecule has 0 unspecified atom stereocenters. The molecule has 2 saturated carbocycles. The van der Waals surface area contributed by atoms with Gasteiger partial charge in [-0.3, -0.25) is 4.79 Å². The molecule has 5 rings (SSSR count). The van der Waals surface area contributed by atoms with Gasteiger partial charge in [0.25, 0.3) is 0 Å². The molecule has 4 N–H and O–H groups in total. The average Bonchev–Trinajstić information content (AvgIpc) is 3.86. The number of oxime groups is 1. The lowest BCUT2D eigenvalue weighted by molar-refractivity contribution is -0.258. The Morgan fingerprint density at radius 3 is 2.30 bits per heavy atom. The summed E-state index contributed by atoms with van der Waals surface area (Å²) in [7, 11) is 0. The molecule has 0 spiro atoms. The highest BCUT2D eigenvalue weighted by Crippen LogP contribution is 2.62. The number of aliphatic hydroxyl groups is 3. The summed E-state index contributed by atoms with van der Waals surface area (Å²) in [6.45, 7) is 9.94. The number of amides is 2. The maximum Gasteiger partial charge on any atom is 0.412 e. The second-order valence-corrected chi connectivity index (χ2v) is 19.3. The maximum absolute atomic E-state index is 14.9. The lowest BCUT2D eigenvalue weighted by Gasteiger charge is -2.60. The van der Waals surface area contributed by atoms with E-state index in [-0.39, 0.29) is 69.8 Å². The lowest BCUT2D eigenvalue weighted by Crippen LogP contribution is -2.70. The highest BCUT2D eigenvalue weighted by Gasteiger charge is 2.65. The summed E-state index contributed by atoms with van der Waals surface area (Å²) in [6, 6.07) is 4.93.